The molecule has 0 radical (unpaired) electrons. The molecule has 4 nitrogen and oxygen atoms in total. The first-order valence-electron chi connectivity index (χ1n) is 9.82. The fourth-order valence-electron chi connectivity index (χ4n) is 5.07. The number of fused-ring (bicyclic) bond motifs is 1. The number of carboxylic acid groups (broad SMARTS) is 1. The van der Waals surface area contributed by atoms with Gasteiger partial charge in [-0.15, -0.1) is 0 Å². The normalized spacial score (nSPS) is 30.5. The number of aliphatic hydroxyl groups is 1. The molecule has 25 heavy (non-hydrogen) atoms. The van der Waals surface area contributed by atoms with Gasteiger partial charge in [-0.3, -0.25) is 9.69 Å². The van der Waals surface area contributed by atoms with E-state index in [-0.39, 0.29) is 11.8 Å². The van der Waals surface area contributed by atoms with Gasteiger partial charge in [0.1, 0.15) is 0 Å². The van der Waals surface area contributed by atoms with E-state index in [0.717, 1.165) is 32.5 Å². The topological polar surface area (TPSA) is 60.8 Å². The molecule has 0 bridgehead atoms. The monoisotopic (exact) mass is 343 g/mol. The van der Waals surface area contributed by atoms with Gasteiger partial charge in [0.05, 0.1) is 11.5 Å². The molecule has 0 unspecified atom stereocenters. The van der Waals surface area contributed by atoms with Crippen LogP contribution < -0.4 is 0 Å². The quantitative estimate of drug-likeness (QED) is 0.882. The highest BCUT2D eigenvalue weighted by atomic mass is 16.4. The van der Waals surface area contributed by atoms with Gasteiger partial charge in [-0.05, 0) is 87.1 Å². The molecule has 4 rings (SSSR count). The predicted octanol–water partition coefficient (Wildman–Crippen LogP) is 3.00. The van der Waals surface area contributed by atoms with Crippen LogP contribution >= 0.6 is 0 Å². The van der Waals surface area contributed by atoms with Crippen molar-refractivity contribution in [1.82, 2.24) is 4.90 Å². The molecule has 0 aromatic heterocycles. The first-order valence-corrected chi connectivity index (χ1v) is 9.82. The minimum Gasteiger partial charge on any atom is -0.481 e. The van der Waals surface area contributed by atoms with Crippen LogP contribution in [-0.4, -0.2) is 39.8 Å². The molecule has 1 saturated carbocycles. The van der Waals surface area contributed by atoms with Gasteiger partial charge in [0.25, 0.3) is 0 Å². The Morgan fingerprint density at radius 2 is 1.80 bits per heavy atom. The van der Waals surface area contributed by atoms with Gasteiger partial charge in [-0.1, -0.05) is 18.2 Å². The molecule has 2 fully saturated rings. The fourth-order valence-corrected chi connectivity index (χ4v) is 5.07. The number of aryl methyl sites for hydroxylation is 2. The number of carbonyl (C=O) groups is 1. The minimum absolute atomic E-state index is 0.267. The van der Waals surface area contributed by atoms with E-state index in [0.29, 0.717) is 12.8 Å². The van der Waals surface area contributed by atoms with Gasteiger partial charge in [-0.25, -0.2) is 0 Å². The number of likely N-dealkylation sites (tertiary alicyclic amines) is 1. The summed E-state index contributed by atoms with van der Waals surface area (Å²) in [5.41, 5.74) is 3.77. The number of nitrogens with zero attached hydrogens (tertiary/aromatic N) is 1. The van der Waals surface area contributed by atoms with Gasteiger partial charge in [0.2, 0.25) is 0 Å². The van der Waals surface area contributed by atoms with Gasteiger partial charge >= 0.3 is 5.97 Å². The zero-order valence-corrected chi connectivity index (χ0v) is 14.9. The molecule has 0 atom stereocenters. The third-order valence-corrected chi connectivity index (χ3v) is 6.72. The molecule has 1 saturated heterocycles. The van der Waals surface area contributed by atoms with Crippen LogP contribution in [0.2, 0.25) is 0 Å². The SMILES string of the molecule is O=C(O)C1CC(O)(C2CCN(Cc3ccc4c(c3)CCCC4)CC2)C1. The lowest BCUT2D eigenvalue weighted by Gasteiger charge is -2.49. The van der Waals surface area contributed by atoms with Crippen LogP contribution in [0.1, 0.15) is 55.2 Å². The van der Waals surface area contributed by atoms with Crippen LogP contribution in [0.5, 0.6) is 0 Å². The van der Waals surface area contributed by atoms with E-state index in [1.165, 1.54) is 36.8 Å². The van der Waals surface area contributed by atoms with E-state index in [4.69, 9.17) is 5.11 Å². The summed E-state index contributed by atoms with van der Waals surface area (Å²) in [5.74, 6) is -0.823. The van der Waals surface area contributed by atoms with Crippen LogP contribution in [0.25, 0.3) is 0 Å². The second-order valence-electron chi connectivity index (χ2n) is 8.41. The lowest BCUT2D eigenvalue weighted by atomic mass is 9.62. The van der Waals surface area contributed by atoms with Crippen molar-refractivity contribution in [3.8, 4) is 0 Å². The van der Waals surface area contributed by atoms with Crippen molar-refractivity contribution in [3.05, 3.63) is 34.9 Å². The zero-order chi connectivity index (χ0) is 17.4. The molecule has 3 aliphatic rings. The molecule has 1 heterocycles. The molecule has 1 aliphatic heterocycles. The highest BCUT2D eigenvalue weighted by Gasteiger charge is 2.51. The lowest BCUT2D eigenvalue weighted by molar-refractivity contribution is -0.170. The molecular weight excluding hydrogens is 314 g/mol. The Labute approximate surface area is 149 Å². The largest absolute Gasteiger partial charge is 0.481 e. The Bertz CT molecular complexity index is 643. The number of piperidine rings is 1. The van der Waals surface area contributed by atoms with E-state index in [1.807, 2.05) is 0 Å². The third kappa shape index (κ3) is 3.47. The molecule has 2 aliphatic carbocycles. The number of benzene rings is 1. The molecule has 0 amide bonds. The first-order chi connectivity index (χ1) is 12.0. The average Bonchev–Trinajstić information content (AvgIpc) is 2.59. The van der Waals surface area contributed by atoms with E-state index < -0.39 is 11.6 Å². The van der Waals surface area contributed by atoms with E-state index in [1.54, 1.807) is 5.56 Å². The first kappa shape index (κ1) is 17.0. The molecule has 136 valence electrons. The van der Waals surface area contributed by atoms with Crippen LogP contribution in [0.15, 0.2) is 18.2 Å². The Hall–Kier alpha value is -1.39. The van der Waals surface area contributed by atoms with Crippen LogP contribution in [0, 0.1) is 11.8 Å². The summed E-state index contributed by atoms with van der Waals surface area (Å²) in [4.78, 5) is 13.5. The summed E-state index contributed by atoms with van der Waals surface area (Å²) in [6, 6.07) is 7.00. The van der Waals surface area contributed by atoms with Crippen molar-refractivity contribution >= 4 is 5.97 Å². The average molecular weight is 343 g/mol. The maximum absolute atomic E-state index is 11.0. The Balaban J connectivity index is 1.30. The van der Waals surface area contributed by atoms with Crippen LogP contribution in [0.3, 0.4) is 0 Å². The van der Waals surface area contributed by atoms with Gasteiger partial charge in [0.15, 0.2) is 0 Å². The molecule has 1 aromatic rings. The third-order valence-electron chi connectivity index (χ3n) is 6.72. The van der Waals surface area contributed by atoms with Gasteiger partial charge in [0, 0.05) is 6.54 Å². The molecule has 2 N–H and O–H groups in total. The van der Waals surface area contributed by atoms with Crippen molar-refractivity contribution in [1.29, 1.82) is 0 Å². The minimum atomic E-state index is -0.755. The maximum atomic E-state index is 11.0. The van der Waals surface area contributed by atoms with Gasteiger partial charge < -0.3 is 10.2 Å². The van der Waals surface area contributed by atoms with Crippen molar-refractivity contribution in [2.24, 2.45) is 11.8 Å². The second-order valence-corrected chi connectivity index (χ2v) is 8.41. The summed E-state index contributed by atoms with van der Waals surface area (Å²) in [6.45, 7) is 3.00. The molecule has 0 spiro atoms. The Morgan fingerprint density at radius 3 is 2.48 bits per heavy atom. The smallest absolute Gasteiger partial charge is 0.306 e. The Morgan fingerprint density at radius 1 is 1.12 bits per heavy atom. The van der Waals surface area contributed by atoms with Crippen LogP contribution in [0.4, 0.5) is 0 Å². The van der Waals surface area contributed by atoms with Gasteiger partial charge in [-0.2, -0.15) is 0 Å². The molecule has 1 aromatic carbocycles. The predicted molar refractivity (Wildman–Crippen MR) is 96.4 cm³/mol. The molecular formula is C21H29NO3. The summed E-state index contributed by atoms with van der Waals surface area (Å²) < 4.78 is 0. The number of hydrogen-bond donors (Lipinski definition) is 2. The number of carboxylic acids is 1. The van der Waals surface area contributed by atoms with Crippen molar-refractivity contribution in [2.45, 2.75) is 63.5 Å². The standard InChI is InChI=1S/C21H29NO3/c23-20(24)18-12-21(25,13-18)19-7-9-22(10-8-19)14-15-5-6-16-3-1-2-4-17(16)11-15/h5-6,11,18-19,25H,1-4,7-10,12-14H2,(H,23,24). The van der Waals surface area contributed by atoms with E-state index in [9.17, 15) is 9.90 Å². The number of hydrogen-bond acceptors (Lipinski definition) is 3. The molecule has 4 heteroatoms. The maximum Gasteiger partial charge on any atom is 0.306 e. The fraction of sp³-hybridized carbons (Fsp3) is 0.667. The number of aliphatic carboxylic acids is 1. The van der Waals surface area contributed by atoms with Crippen molar-refractivity contribution in [3.63, 3.8) is 0 Å². The number of rotatable bonds is 4. The van der Waals surface area contributed by atoms with Crippen molar-refractivity contribution in [2.75, 3.05) is 13.1 Å². The summed E-state index contributed by atoms with van der Waals surface area (Å²) >= 11 is 0. The van der Waals surface area contributed by atoms with E-state index in [2.05, 4.69) is 23.1 Å². The van der Waals surface area contributed by atoms with Crippen molar-refractivity contribution < 1.29 is 15.0 Å². The highest BCUT2D eigenvalue weighted by Crippen LogP contribution is 2.46. The summed E-state index contributed by atoms with van der Waals surface area (Å²) in [5, 5.41) is 19.7. The lowest BCUT2D eigenvalue weighted by Crippen LogP contribution is -2.54. The summed E-state index contributed by atoms with van der Waals surface area (Å²) in [6.07, 6.45) is 7.94. The highest BCUT2D eigenvalue weighted by molar-refractivity contribution is 5.71. The zero-order valence-electron chi connectivity index (χ0n) is 14.9. The van der Waals surface area contributed by atoms with Crippen LogP contribution in [-0.2, 0) is 24.2 Å². The van der Waals surface area contributed by atoms with E-state index >= 15 is 0 Å². The second kappa shape index (κ2) is 6.73. The summed E-state index contributed by atoms with van der Waals surface area (Å²) in [7, 11) is 0. The Kier molecular flexibility index (Phi) is 4.59.